The second-order valence-corrected chi connectivity index (χ2v) is 15.8. The summed E-state index contributed by atoms with van der Waals surface area (Å²) in [5.74, 6) is -8.09. The number of methoxy groups -OCH3 is 1. The molecule has 5 bridgehead atoms. The van der Waals surface area contributed by atoms with Gasteiger partial charge in [-0.05, 0) is 33.8 Å². The van der Waals surface area contributed by atoms with E-state index >= 15 is 0 Å². The van der Waals surface area contributed by atoms with Crippen molar-refractivity contribution in [3.8, 4) is 23.0 Å². The van der Waals surface area contributed by atoms with Crippen molar-refractivity contribution < 1.29 is 63.3 Å². The number of carbonyl (C=O) groups is 4. The summed E-state index contributed by atoms with van der Waals surface area (Å²) in [5.41, 5.74) is -0.0251. The Kier molecular flexibility index (Phi) is 14.3. The Hall–Kier alpha value is -5.12. The molecule has 0 aliphatic carbocycles. The Labute approximate surface area is 339 Å². The average Bonchev–Trinajstić information content (AvgIpc) is 3.44. The number of phenols is 2. The van der Waals surface area contributed by atoms with Gasteiger partial charge in [-0.2, -0.15) is 0 Å². The monoisotopic (exact) mass is 810 g/mol. The van der Waals surface area contributed by atoms with Gasteiger partial charge in [0.05, 0.1) is 41.2 Å². The minimum atomic E-state index is -2.02. The maximum absolute atomic E-state index is 14.4. The van der Waals surface area contributed by atoms with Gasteiger partial charge in [-0.1, -0.05) is 45.9 Å². The number of aliphatic hydroxyl groups excluding tert-OH is 2. The molecule has 0 saturated carbocycles. The number of amides is 2. The Balaban J connectivity index is 1.94. The van der Waals surface area contributed by atoms with Gasteiger partial charge in [-0.25, -0.2) is 0 Å². The molecule has 0 radical (unpaired) electrons. The number of rotatable bonds is 6. The van der Waals surface area contributed by atoms with Crippen LogP contribution in [0.5, 0.6) is 23.0 Å². The van der Waals surface area contributed by atoms with Gasteiger partial charge in [0, 0.05) is 80.3 Å². The molecule has 2 amide bonds. The Morgan fingerprint density at radius 2 is 1.64 bits per heavy atom. The van der Waals surface area contributed by atoms with Crippen LogP contribution in [0, 0.1) is 30.6 Å². The highest BCUT2D eigenvalue weighted by Gasteiger charge is 2.49. The molecule has 9 unspecified atom stereocenters. The summed E-state index contributed by atoms with van der Waals surface area (Å²) in [5, 5.41) is 48.3. The van der Waals surface area contributed by atoms with Crippen LogP contribution in [0.2, 0.25) is 0 Å². The zero-order valence-electron chi connectivity index (χ0n) is 35.3. The summed E-state index contributed by atoms with van der Waals surface area (Å²) in [6.45, 7) is 15.7. The van der Waals surface area contributed by atoms with E-state index in [2.05, 4.69) is 5.32 Å². The Bertz CT molecular complexity index is 2010. The van der Waals surface area contributed by atoms with E-state index in [0.717, 1.165) is 0 Å². The number of nitrogens with zero attached hydrogens (tertiary/aromatic N) is 1. The molecular formula is C43H58N2O13. The van der Waals surface area contributed by atoms with E-state index in [4.69, 9.17) is 23.7 Å². The summed E-state index contributed by atoms with van der Waals surface area (Å²) in [6.07, 6.45) is 3.58. The number of ether oxygens (including phenoxy) is 5. The molecule has 3 aliphatic heterocycles. The lowest BCUT2D eigenvalue weighted by Crippen LogP contribution is -2.46. The van der Waals surface area contributed by atoms with Gasteiger partial charge in [0.1, 0.15) is 23.4 Å². The minimum absolute atomic E-state index is 0.0615. The third-order valence-corrected chi connectivity index (χ3v) is 11.3. The molecule has 5 rings (SSSR count). The highest BCUT2D eigenvalue weighted by atomic mass is 16.7. The van der Waals surface area contributed by atoms with Gasteiger partial charge >= 0.3 is 11.8 Å². The number of esters is 1. The van der Waals surface area contributed by atoms with E-state index in [1.165, 1.54) is 64.2 Å². The molecule has 9 atom stereocenters. The van der Waals surface area contributed by atoms with Crippen LogP contribution in [0.25, 0.3) is 10.8 Å². The molecule has 0 fully saturated rings. The number of hydrogen-bond acceptors (Lipinski definition) is 13. The number of benzene rings is 2. The molecule has 0 spiro atoms. The van der Waals surface area contributed by atoms with Crippen molar-refractivity contribution in [1.29, 1.82) is 0 Å². The van der Waals surface area contributed by atoms with Gasteiger partial charge in [-0.15, -0.1) is 0 Å². The number of anilines is 1. The van der Waals surface area contributed by atoms with Gasteiger partial charge in [-0.3, -0.25) is 19.2 Å². The normalized spacial score (nSPS) is 29.3. The summed E-state index contributed by atoms with van der Waals surface area (Å²) in [7, 11) is 3.04. The van der Waals surface area contributed by atoms with Crippen molar-refractivity contribution in [3.05, 3.63) is 53.3 Å². The SMILES string of the molecule is COC1/C=C/OC2(C)Oc3c(C)c(O)c4c(O)c(cc(OCC(=O)N(C)C(C)C)c4c3C2=O)NC(=O)C(C)=C/C=C/C(C)C(O)C(C)C(O)C(C)C(OC(C)=O)C1C. The first-order chi connectivity index (χ1) is 27.1. The number of ketones is 1. The first kappa shape index (κ1) is 45.6. The van der Waals surface area contributed by atoms with Crippen molar-refractivity contribution in [1.82, 2.24) is 4.90 Å². The molecule has 15 nitrogen and oxygen atoms in total. The van der Waals surface area contributed by atoms with Crippen LogP contribution in [-0.4, -0.2) is 106 Å². The number of allylic oxidation sites excluding steroid dienone is 2. The zero-order valence-corrected chi connectivity index (χ0v) is 35.3. The number of likely N-dealkylation sites (N-methyl/N-ethyl adjacent to an activating group) is 1. The van der Waals surface area contributed by atoms with Crippen LogP contribution >= 0.6 is 0 Å². The van der Waals surface area contributed by atoms with Crippen molar-refractivity contribution in [3.63, 3.8) is 0 Å². The number of nitrogens with one attached hydrogen (secondary N) is 1. The lowest BCUT2D eigenvalue weighted by Gasteiger charge is -2.38. The van der Waals surface area contributed by atoms with E-state index in [0.29, 0.717) is 0 Å². The highest BCUT2D eigenvalue weighted by Crippen LogP contribution is 2.54. The first-order valence-corrected chi connectivity index (χ1v) is 19.3. The predicted octanol–water partition coefficient (Wildman–Crippen LogP) is 5.29. The molecule has 2 aromatic rings. The fraction of sp³-hybridized carbons (Fsp3) is 0.535. The second kappa shape index (κ2) is 18.2. The van der Waals surface area contributed by atoms with E-state index in [-0.39, 0.29) is 50.7 Å². The minimum Gasteiger partial charge on any atom is -0.507 e. The molecule has 0 aromatic heterocycles. The fourth-order valence-electron chi connectivity index (χ4n) is 7.28. The van der Waals surface area contributed by atoms with Gasteiger partial charge in [0.25, 0.3) is 17.6 Å². The topological polar surface area (TPSA) is 211 Å². The van der Waals surface area contributed by atoms with Crippen LogP contribution in [0.1, 0.15) is 78.2 Å². The van der Waals surface area contributed by atoms with Crippen molar-refractivity contribution >= 4 is 40.0 Å². The number of hydrogen-bond donors (Lipinski definition) is 5. The maximum atomic E-state index is 14.4. The molecule has 58 heavy (non-hydrogen) atoms. The third-order valence-electron chi connectivity index (χ3n) is 11.3. The van der Waals surface area contributed by atoms with Gasteiger partial charge in [0.15, 0.2) is 12.4 Å². The fourth-order valence-corrected chi connectivity index (χ4v) is 7.28. The molecule has 3 aliphatic rings. The lowest BCUT2D eigenvalue weighted by atomic mass is 9.78. The molecule has 5 N–H and O–H groups in total. The van der Waals surface area contributed by atoms with Crippen LogP contribution in [-0.2, 0) is 28.6 Å². The van der Waals surface area contributed by atoms with E-state index in [9.17, 15) is 39.6 Å². The molecular weight excluding hydrogens is 752 g/mol. The number of aromatic hydroxyl groups is 2. The maximum Gasteiger partial charge on any atom is 0.312 e. The van der Waals surface area contributed by atoms with Gasteiger partial charge < -0.3 is 54.3 Å². The van der Waals surface area contributed by atoms with Crippen LogP contribution in [0.15, 0.2) is 42.2 Å². The summed E-state index contributed by atoms with van der Waals surface area (Å²) in [4.78, 5) is 54.8. The number of carbonyl (C=O) groups excluding carboxylic acids is 4. The Morgan fingerprint density at radius 1 is 0.983 bits per heavy atom. The van der Waals surface area contributed by atoms with Crippen LogP contribution < -0.4 is 14.8 Å². The van der Waals surface area contributed by atoms with Crippen LogP contribution in [0.4, 0.5) is 5.69 Å². The van der Waals surface area contributed by atoms with Crippen molar-refractivity contribution in [2.24, 2.45) is 23.7 Å². The predicted molar refractivity (Wildman–Crippen MR) is 216 cm³/mol. The summed E-state index contributed by atoms with van der Waals surface area (Å²) >= 11 is 0. The van der Waals surface area contributed by atoms with E-state index in [1.807, 2.05) is 13.8 Å². The molecule has 15 heteroatoms. The van der Waals surface area contributed by atoms with E-state index in [1.54, 1.807) is 46.9 Å². The number of phenolic OH excluding ortho intramolecular Hbond substituents is 2. The molecule has 2 aromatic carbocycles. The third kappa shape index (κ3) is 9.11. The smallest absolute Gasteiger partial charge is 0.312 e. The van der Waals surface area contributed by atoms with Crippen molar-refractivity contribution in [2.75, 3.05) is 26.1 Å². The molecule has 318 valence electrons. The second-order valence-electron chi connectivity index (χ2n) is 15.8. The van der Waals surface area contributed by atoms with Crippen LogP contribution in [0.3, 0.4) is 0 Å². The number of aliphatic hydroxyl groups is 2. The van der Waals surface area contributed by atoms with Gasteiger partial charge in [0.2, 0.25) is 0 Å². The largest absolute Gasteiger partial charge is 0.507 e. The first-order valence-electron chi connectivity index (χ1n) is 19.3. The lowest BCUT2D eigenvalue weighted by molar-refractivity contribution is -0.160. The Morgan fingerprint density at radius 3 is 2.24 bits per heavy atom. The zero-order chi connectivity index (χ0) is 43.5. The quantitative estimate of drug-likeness (QED) is 0.186. The molecule has 0 saturated heterocycles. The van der Waals surface area contributed by atoms with E-state index < -0.39 is 95.5 Å². The highest BCUT2D eigenvalue weighted by molar-refractivity contribution is 6.21. The summed E-state index contributed by atoms with van der Waals surface area (Å²) < 4.78 is 29.7. The number of Topliss-reactive ketones (excluding diaryl/α,β-unsaturated/α-hetero) is 1. The van der Waals surface area contributed by atoms with Crippen molar-refractivity contribution in [2.45, 2.75) is 105 Å². The average molecular weight is 811 g/mol. The number of fused-ring (bicyclic) bond motifs is 14. The summed E-state index contributed by atoms with van der Waals surface area (Å²) in [6, 6.07) is 1.10. The standard InChI is InChI=1S/C43H58N2O13/c1-20(2)45(11)31(47)19-55-30-18-28-38(51)33-32(30)34-40(26(8)37(33)50)58-43(10,41(34)52)56-17-16-29(54-12)23(5)39(57-27(9)46)25(7)36(49)24(6)35(48)21(3)14-13-15-22(4)42(53)44-28/h13-18,20-21,23-25,29,35-36,39,48-51H,19H2,1-12H3,(H,44,53)/b14-13+,17-16+,22-15?. The molecule has 3 heterocycles.